The molecule has 0 bridgehead atoms. The van der Waals surface area contributed by atoms with Crippen molar-refractivity contribution in [2.24, 2.45) is 0 Å². The SMILES string of the molecule is Cc1ccc(C)c(CN(C)C(=O)C(C)(C)O)c1. The summed E-state index contributed by atoms with van der Waals surface area (Å²) in [5.74, 6) is -0.265. The van der Waals surface area contributed by atoms with Crippen LogP contribution >= 0.6 is 0 Å². The summed E-state index contributed by atoms with van der Waals surface area (Å²) in [6, 6.07) is 6.17. The molecule has 1 amide bonds. The Bertz CT molecular complexity index is 419. The van der Waals surface area contributed by atoms with Crippen molar-refractivity contribution in [3.8, 4) is 0 Å². The fourth-order valence-electron chi connectivity index (χ4n) is 1.76. The molecule has 0 aliphatic rings. The zero-order chi connectivity index (χ0) is 13.2. The molecule has 3 heteroatoms. The number of aliphatic hydroxyl groups is 1. The summed E-state index contributed by atoms with van der Waals surface area (Å²) in [4.78, 5) is 13.4. The van der Waals surface area contributed by atoms with E-state index in [9.17, 15) is 9.90 Å². The van der Waals surface area contributed by atoms with Gasteiger partial charge in [0, 0.05) is 13.6 Å². The van der Waals surface area contributed by atoms with Crippen LogP contribution in [0.25, 0.3) is 0 Å². The van der Waals surface area contributed by atoms with Gasteiger partial charge in [-0.1, -0.05) is 23.8 Å². The molecule has 0 unspecified atom stereocenters. The first-order valence-electron chi connectivity index (χ1n) is 5.76. The fraction of sp³-hybridized carbons (Fsp3) is 0.500. The fourth-order valence-corrected chi connectivity index (χ4v) is 1.76. The molecule has 3 nitrogen and oxygen atoms in total. The Morgan fingerprint density at radius 1 is 1.35 bits per heavy atom. The summed E-state index contributed by atoms with van der Waals surface area (Å²) in [6.07, 6.45) is 0. The topological polar surface area (TPSA) is 40.5 Å². The van der Waals surface area contributed by atoms with Crippen LogP contribution in [0.4, 0.5) is 0 Å². The van der Waals surface area contributed by atoms with E-state index in [2.05, 4.69) is 12.1 Å². The minimum atomic E-state index is -1.31. The number of carbonyl (C=O) groups is 1. The minimum absolute atomic E-state index is 0.265. The Balaban J connectivity index is 2.85. The second kappa shape index (κ2) is 4.88. The van der Waals surface area contributed by atoms with Crippen molar-refractivity contribution in [2.75, 3.05) is 7.05 Å². The average molecular weight is 235 g/mol. The number of benzene rings is 1. The highest BCUT2D eigenvalue weighted by Gasteiger charge is 2.27. The Morgan fingerprint density at radius 3 is 2.47 bits per heavy atom. The largest absolute Gasteiger partial charge is 0.381 e. The maximum absolute atomic E-state index is 11.8. The van der Waals surface area contributed by atoms with Gasteiger partial charge in [0.25, 0.3) is 5.91 Å². The van der Waals surface area contributed by atoms with Crippen LogP contribution in [-0.2, 0) is 11.3 Å². The zero-order valence-electron chi connectivity index (χ0n) is 11.2. The number of hydrogen-bond donors (Lipinski definition) is 1. The molecule has 0 aliphatic carbocycles. The number of hydrogen-bond acceptors (Lipinski definition) is 2. The Labute approximate surface area is 103 Å². The molecule has 0 atom stereocenters. The second-order valence-corrected chi connectivity index (χ2v) is 5.15. The molecule has 0 fully saturated rings. The highest BCUT2D eigenvalue weighted by atomic mass is 16.3. The average Bonchev–Trinajstić information content (AvgIpc) is 2.21. The van der Waals surface area contributed by atoms with Crippen LogP contribution in [0.3, 0.4) is 0 Å². The molecule has 1 rings (SSSR count). The standard InChI is InChI=1S/C14H21NO2/c1-10-6-7-11(2)12(8-10)9-15(5)13(16)14(3,4)17/h6-8,17H,9H2,1-5H3. The molecule has 0 aliphatic heterocycles. The lowest BCUT2D eigenvalue weighted by Gasteiger charge is -2.25. The number of nitrogens with zero attached hydrogens (tertiary/aromatic N) is 1. The van der Waals surface area contributed by atoms with Gasteiger partial charge < -0.3 is 10.0 Å². The van der Waals surface area contributed by atoms with E-state index in [1.54, 1.807) is 11.9 Å². The molecule has 1 aromatic rings. The van der Waals surface area contributed by atoms with Crippen LogP contribution in [0.1, 0.15) is 30.5 Å². The van der Waals surface area contributed by atoms with Crippen molar-refractivity contribution in [1.82, 2.24) is 4.90 Å². The lowest BCUT2D eigenvalue weighted by Crippen LogP contribution is -2.42. The lowest BCUT2D eigenvalue weighted by atomic mass is 10.0. The summed E-state index contributed by atoms with van der Waals surface area (Å²) in [5, 5.41) is 9.67. The third-order valence-corrected chi connectivity index (χ3v) is 2.78. The van der Waals surface area contributed by atoms with Gasteiger partial charge in [0.05, 0.1) is 0 Å². The molecule has 0 radical (unpaired) electrons. The predicted octanol–water partition coefficient (Wildman–Crippen LogP) is 2.03. The van der Waals surface area contributed by atoms with Crippen molar-refractivity contribution in [2.45, 2.75) is 39.8 Å². The van der Waals surface area contributed by atoms with Gasteiger partial charge in [-0.3, -0.25) is 4.79 Å². The molecule has 1 N–H and O–H groups in total. The van der Waals surface area contributed by atoms with Gasteiger partial charge in [0.15, 0.2) is 0 Å². The van der Waals surface area contributed by atoms with E-state index in [-0.39, 0.29) is 5.91 Å². The molecule has 0 aromatic heterocycles. The zero-order valence-corrected chi connectivity index (χ0v) is 11.2. The maximum Gasteiger partial charge on any atom is 0.253 e. The van der Waals surface area contributed by atoms with E-state index < -0.39 is 5.60 Å². The summed E-state index contributed by atoms with van der Waals surface area (Å²) in [7, 11) is 1.71. The van der Waals surface area contributed by atoms with E-state index in [0.29, 0.717) is 6.54 Å². The van der Waals surface area contributed by atoms with Crippen molar-refractivity contribution in [3.05, 3.63) is 34.9 Å². The van der Waals surface area contributed by atoms with Gasteiger partial charge in [0.2, 0.25) is 0 Å². The first-order chi connectivity index (χ1) is 7.71. The van der Waals surface area contributed by atoms with E-state index in [4.69, 9.17) is 0 Å². The van der Waals surface area contributed by atoms with Gasteiger partial charge in [-0.2, -0.15) is 0 Å². The molecule has 0 heterocycles. The van der Waals surface area contributed by atoms with Crippen LogP contribution in [0.2, 0.25) is 0 Å². The predicted molar refractivity (Wildman–Crippen MR) is 68.7 cm³/mol. The van der Waals surface area contributed by atoms with E-state index >= 15 is 0 Å². The summed E-state index contributed by atoms with van der Waals surface area (Å²) in [6.45, 7) is 7.60. The van der Waals surface area contributed by atoms with Gasteiger partial charge in [0.1, 0.15) is 5.60 Å². The maximum atomic E-state index is 11.8. The summed E-state index contributed by atoms with van der Waals surface area (Å²) < 4.78 is 0. The van der Waals surface area contributed by atoms with Crippen LogP contribution < -0.4 is 0 Å². The monoisotopic (exact) mass is 235 g/mol. The molecular weight excluding hydrogens is 214 g/mol. The highest BCUT2D eigenvalue weighted by Crippen LogP contribution is 2.15. The molecular formula is C14H21NO2. The van der Waals surface area contributed by atoms with Crippen molar-refractivity contribution < 1.29 is 9.90 Å². The summed E-state index contributed by atoms with van der Waals surface area (Å²) in [5.41, 5.74) is 2.14. The van der Waals surface area contributed by atoms with Crippen LogP contribution in [0.15, 0.2) is 18.2 Å². The van der Waals surface area contributed by atoms with E-state index in [0.717, 1.165) is 11.1 Å². The molecule has 0 spiro atoms. The first kappa shape index (κ1) is 13.7. The third kappa shape index (κ3) is 3.56. The number of aryl methyl sites for hydroxylation is 2. The molecule has 17 heavy (non-hydrogen) atoms. The van der Waals surface area contributed by atoms with Crippen molar-refractivity contribution >= 4 is 5.91 Å². The lowest BCUT2D eigenvalue weighted by molar-refractivity contribution is -0.146. The quantitative estimate of drug-likeness (QED) is 0.871. The first-order valence-corrected chi connectivity index (χ1v) is 5.76. The van der Waals surface area contributed by atoms with Crippen LogP contribution in [0.5, 0.6) is 0 Å². The van der Waals surface area contributed by atoms with Crippen LogP contribution in [-0.4, -0.2) is 28.6 Å². The van der Waals surface area contributed by atoms with Gasteiger partial charge in [-0.15, -0.1) is 0 Å². The van der Waals surface area contributed by atoms with Gasteiger partial charge >= 0.3 is 0 Å². The molecule has 94 valence electrons. The minimum Gasteiger partial charge on any atom is -0.381 e. The number of carbonyl (C=O) groups excluding carboxylic acids is 1. The Kier molecular flexibility index (Phi) is 3.94. The highest BCUT2D eigenvalue weighted by molar-refractivity contribution is 5.83. The number of likely N-dealkylation sites (N-methyl/N-ethyl adjacent to an activating group) is 1. The third-order valence-electron chi connectivity index (χ3n) is 2.78. The van der Waals surface area contributed by atoms with Crippen molar-refractivity contribution in [1.29, 1.82) is 0 Å². The second-order valence-electron chi connectivity index (χ2n) is 5.15. The number of amides is 1. The number of rotatable bonds is 3. The normalized spacial score (nSPS) is 11.4. The Hall–Kier alpha value is -1.35. The van der Waals surface area contributed by atoms with Crippen molar-refractivity contribution in [3.63, 3.8) is 0 Å². The van der Waals surface area contributed by atoms with E-state index in [1.807, 2.05) is 19.9 Å². The summed E-state index contributed by atoms with van der Waals surface area (Å²) >= 11 is 0. The smallest absolute Gasteiger partial charge is 0.253 e. The van der Waals surface area contributed by atoms with Gasteiger partial charge in [-0.25, -0.2) is 0 Å². The Morgan fingerprint density at radius 2 is 1.94 bits per heavy atom. The van der Waals surface area contributed by atoms with Crippen LogP contribution in [0, 0.1) is 13.8 Å². The molecule has 0 saturated carbocycles. The molecule has 1 aromatic carbocycles. The van der Waals surface area contributed by atoms with Gasteiger partial charge in [-0.05, 0) is 38.8 Å². The van der Waals surface area contributed by atoms with E-state index in [1.165, 1.54) is 19.4 Å². The molecule has 0 saturated heterocycles.